The Bertz CT molecular complexity index is 606. The van der Waals surface area contributed by atoms with Crippen LogP contribution in [-0.2, 0) is 17.8 Å². The molecule has 0 fully saturated rings. The summed E-state index contributed by atoms with van der Waals surface area (Å²) in [6.07, 6.45) is -3.65. The van der Waals surface area contributed by atoms with Crippen LogP contribution in [0, 0.1) is 0 Å². The Kier molecular flexibility index (Phi) is 6.52. The molecule has 25 heavy (non-hydrogen) atoms. The van der Waals surface area contributed by atoms with Gasteiger partial charge in [-0.3, -0.25) is 4.79 Å². The topological polar surface area (TPSA) is 52.0 Å². The van der Waals surface area contributed by atoms with E-state index in [0.717, 1.165) is 22.4 Å². The molecule has 2 N–H and O–H groups in total. The molecule has 0 aliphatic carbocycles. The predicted molar refractivity (Wildman–Crippen MR) is 85.9 cm³/mol. The Morgan fingerprint density at radius 2 is 1.76 bits per heavy atom. The van der Waals surface area contributed by atoms with Crippen LogP contribution in [0.2, 0.25) is 0 Å². The predicted octanol–water partition coefficient (Wildman–Crippen LogP) is 1.10. The van der Waals surface area contributed by atoms with Crippen LogP contribution in [0.5, 0.6) is 11.5 Å². The number of fused-ring (bicyclic) bond motifs is 1. The van der Waals surface area contributed by atoms with E-state index in [1.165, 1.54) is 0 Å². The van der Waals surface area contributed by atoms with Crippen molar-refractivity contribution >= 4 is 5.91 Å². The number of carbonyl (C=O) groups excluding carboxylic acids is 1. The third-order valence-electron chi connectivity index (χ3n) is 3.95. The fourth-order valence-corrected chi connectivity index (χ4v) is 2.89. The van der Waals surface area contributed by atoms with Crippen molar-refractivity contribution in [3.63, 3.8) is 0 Å². The molecule has 1 amide bonds. The molecular weight excluding hydrogens is 337 g/mol. The number of nitrogens with one attached hydrogen (secondary N) is 2. The fourth-order valence-electron chi connectivity index (χ4n) is 2.89. The van der Waals surface area contributed by atoms with Gasteiger partial charge in [-0.05, 0) is 31.5 Å². The minimum Gasteiger partial charge on any atom is -0.490 e. The summed E-state index contributed by atoms with van der Waals surface area (Å²) in [5.74, 6) is 0.770. The lowest BCUT2D eigenvalue weighted by Crippen LogP contribution is -3.12. The summed E-state index contributed by atoms with van der Waals surface area (Å²) < 4.78 is 47.7. The highest BCUT2D eigenvalue weighted by Gasteiger charge is 2.29. The SMILES string of the molecule is CCOc1cc2c(cc1OCC)C[NH+](CC(=O)NCC(F)(F)F)CC2. The number of quaternary nitrogens is 1. The average Bonchev–Trinajstić information content (AvgIpc) is 2.53. The number of halogens is 3. The minimum atomic E-state index is -4.39. The van der Waals surface area contributed by atoms with E-state index in [4.69, 9.17) is 9.47 Å². The number of ether oxygens (including phenoxy) is 2. The van der Waals surface area contributed by atoms with Crippen LogP contribution in [0.25, 0.3) is 0 Å². The molecule has 0 aromatic heterocycles. The van der Waals surface area contributed by atoms with Crippen LogP contribution in [0.1, 0.15) is 25.0 Å². The highest BCUT2D eigenvalue weighted by molar-refractivity contribution is 5.76. The third kappa shape index (κ3) is 5.81. The van der Waals surface area contributed by atoms with Gasteiger partial charge in [0.1, 0.15) is 13.1 Å². The van der Waals surface area contributed by atoms with Gasteiger partial charge in [-0.2, -0.15) is 13.2 Å². The summed E-state index contributed by atoms with van der Waals surface area (Å²) in [6.45, 7) is 4.82. The minimum absolute atomic E-state index is 0.0205. The van der Waals surface area contributed by atoms with Crippen molar-refractivity contribution in [1.82, 2.24) is 5.32 Å². The lowest BCUT2D eigenvalue weighted by molar-refractivity contribution is -0.908. The zero-order valence-electron chi connectivity index (χ0n) is 14.5. The number of carbonyl (C=O) groups is 1. The average molecular weight is 361 g/mol. The molecule has 1 aromatic rings. The molecule has 0 saturated carbocycles. The van der Waals surface area contributed by atoms with Crippen LogP contribution in [0.3, 0.4) is 0 Å². The maximum absolute atomic E-state index is 12.2. The standard InChI is InChI=1S/C17H23F3N2O3/c1-3-24-14-7-12-5-6-22(9-13(12)8-15(14)25-4-2)10-16(23)21-11-17(18,19)20/h7-8H,3-6,9-11H2,1-2H3,(H,21,23)/p+1. The number of benzene rings is 1. The first-order chi connectivity index (χ1) is 11.8. The summed E-state index contributed by atoms with van der Waals surface area (Å²) in [5.41, 5.74) is 2.17. The Balaban J connectivity index is 2.02. The number of amides is 1. The van der Waals surface area contributed by atoms with E-state index < -0.39 is 18.6 Å². The molecule has 0 radical (unpaired) electrons. The molecule has 0 spiro atoms. The molecule has 1 atom stereocenters. The molecule has 0 bridgehead atoms. The van der Waals surface area contributed by atoms with Gasteiger partial charge in [-0.25, -0.2) is 0 Å². The van der Waals surface area contributed by atoms with E-state index in [0.29, 0.717) is 37.8 Å². The smallest absolute Gasteiger partial charge is 0.405 e. The Morgan fingerprint density at radius 3 is 2.32 bits per heavy atom. The van der Waals surface area contributed by atoms with Gasteiger partial charge < -0.3 is 19.7 Å². The molecular formula is C17H24F3N2O3+. The molecule has 1 aliphatic rings. The molecule has 2 rings (SSSR count). The van der Waals surface area contributed by atoms with Crippen molar-refractivity contribution < 1.29 is 32.3 Å². The van der Waals surface area contributed by atoms with Crippen molar-refractivity contribution in [3.05, 3.63) is 23.3 Å². The first-order valence-corrected chi connectivity index (χ1v) is 8.40. The maximum Gasteiger partial charge on any atom is 0.405 e. The van der Waals surface area contributed by atoms with Crippen molar-refractivity contribution in [2.75, 3.05) is 32.8 Å². The summed E-state index contributed by atoms with van der Waals surface area (Å²) in [5, 5.41) is 1.92. The monoisotopic (exact) mass is 361 g/mol. The molecule has 1 unspecified atom stereocenters. The first-order valence-electron chi connectivity index (χ1n) is 8.40. The normalized spacial score (nSPS) is 16.9. The lowest BCUT2D eigenvalue weighted by atomic mass is 9.99. The van der Waals surface area contributed by atoms with Crippen LogP contribution < -0.4 is 19.7 Å². The van der Waals surface area contributed by atoms with Gasteiger partial charge in [-0.15, -0.1) is 0 Å². The van der Waals surface area contributed by atoms with Gasteiger partial charge in [0, 0.05) is 12.0 Å². The van der Waals surface area contributed by atoms with E-state index in [1.54, 1.807) is 0 Å². The van der Waals surface area contributed by atoms with Gasteiger partial charge >= 0.3 is 6.18 Å². The van der Waals surface area contributed by atoms with Crippen LogP contribution >= 0.6 is 0 Å². The van der Waals surface area contributed by atoms with Crippen LogP contribution in [0.15, 0.2) is 12.1 Å². The summed E-state index contributed by atoms with van der Waals surface area (Å²) in [4.78, 5) is 12.6. The number of hydrogen-bond donors (Lipinski definition) is 2. The second kappa shape index (κ2) is 8.42. The Morgan fingerprint density at radius 1 is 1.16 bits per heavy atom. The fraction of sp³-hybridized carbons (Fsp3) is 0.588. The van der Waals surface area contributed by atoms with Gasteiger partial charge in [-0.1, -0.05) is 0 Å². The molecule has 8 heteroatoms. The van der Waals surface area contributed by atoms with Crippen molar-refractivity contribution in [2.24, 2.45) is 0 Å². The van der Waals surface area contributed by atoms with E-state index in [-0.39, 0.29) is 6.54 Å². The molecule has 1 heterocycles. The molecule has 140 valence electrons. The third-order valence-corrected chi connectivity index (χ3v) is 3.95. The second-order valence-electron chi connectivity index (χ2n) is 5.93. The number of rotatable bonds is 7. The largest absolute Gasteiger partial charge is 0.490 e. The Labute approximate surface area is 145 Å². The highest BCUT2D eigenvalue weighted by atomic mass is 19.4. The molecule has 1 aromatic carbocycles. The van der Waals surface area contributed by atoms with E-state index in [2.05, 4.69) is 0 Å². The lowest BCUT2D eigenvalue weighted by Gasteiger charge is -2.26. The zero-order chi connectivity index (χ0) is 18.4. The van der Waals surface area contributed by atoms with E-state index in [9.17, 15) is 18.0 Å². The van der Waals surface area contributed by atoms with Crippen LogP contribution in [-0.4, -0.2) is 44.9 Å². The van der Waals surface area contributed by atoms with Crippen molar-refractivity contribution in [2.45, 2.75) is 33.0 Å². The van der Waals surface area contributed by atoms with Gasteiger partial charge in [0.15, 0.2) is 18.0 Å². The van der Waals surface area contributed by atoms with Crippen LogP contribution in [0.4, 0.5) is 13.2 Å². The number of alkyl halides is 3. The second-order valence-corrected chi connectivity index (χ2v) is 5.93. The van der Waals surface area contributed by atoms with E-state index in [1.807, 2.05) is 31.3 Å². The van der Waals surface area contributed by atoms with Crippen molar-refractivity contribution in [1.29, 1.82) is 0 Å². The molecule has 5 nitrogen and oxygen atoms in total. The van der Waals surface area contributed by atoms with Gasteiger partial charge in [0.25, 0.3) is 5.91 Å². The summed E-state index contributed by atoms with van der Waals surface area (Å²) >= 11 is 0. The zero-order valence-corrected chi connectivity index (χ0v) is 14.5. The summed E-state index contributed by atoms with van der Waals surface area (Å²) in [6, 6.07) is 3.88. The maximum atomic E-state index is 12.2. The first kappa shape index (κ1) is 19.4. The van der Waals surface area contributed by atoms with Gasteiger partial charge in [0.2, 0.25) is 0 Å². The Hall–Kier alpha value is -1.96. The molecule has 0 saturated heterocycles. The quantitative estimate of drug-likeness (QED) is 0.765. The highest BCUT2D eigenvalue weighted by Crippen LogP contribution is 2.32. The van der Waals surface area contributed by atoms with E-state index >= 15 is 0 Å². The van der Waals surface area contributed by atoms with Gasteiger partial charge in [0.05, 0.1) is 19.8 Å². The molecule has 1 aliphatic heterocycles. The number of hydrogen-bond acceptors (Lipinski definition) is 3. The summed E-state index contributed by atoms with van der Waals surface area (Å²) in [7, 11) is 0. The van der Waals surface area contributed by atoms with Crippen molar-refractivity contribution in [3.8, 4) is 11.5 Å².